The van der Waals surface area contributed by atoms with Gasteiger partial charge in [0.2, 0.25) is 11.8 Å². The van der Waals surface area contributed by atoms with Gasteiger partial charge in [-0.25, -0.2) is 0 Å². The number of aromatic nitrogens is 1. The standard InChI is InChI=1S/C24H29N3O3/c1-17-3-5-21(13-18(17)2)27-14-20(4-6-23(27)28)24(29)26-12-9-22(15-26)30-16-19-7-10-25-11-8-19/h3,5,7-8,10-11,13,20,22H,4,6,9,12,14-16H2,1-2H3. The first-order chi connectivity index (χ1) is 14.5. The maximum Gasteiger partial charge on any atom is 0.227 e. The molecule has 1 aromatic heterocycles. The van der Waals surface area contributed by atoms with Crippen LogP contribution in [0.4, 0.5) is 5.69 Å². The number of pyridine rings is 1. The molecule has 0 N–H and O–H groups in total. The van der Waals surface area contributed by atoms with Gasteiger partial charge in [0.1, 0.15) is 0 Å². The third kappa shape index (κ3) is 4.54. The molecule has 0 spiro atoms. The van der Waals surface area contributed by atoms with E-state index in [-0.39, 0.29) is 23.8 Å². The lowest BCUT2D eigenvalue weighted by molar-refractivity contribution is -0.136. The number of ether oxygens (including phenoxy) is 1. The Bertz CT molecular complexity index is 915. The number of benzene rings is 1. The molecule has 2 saturated heterocycles. The van der Waals surface area contributed by atoms with Crippen LogP contribution in [0.3, 0.4) is 0 Å². The SMILES string of the molecule is Cc1ccc(N2CC(C(=O)N3CCC(OCc4ccncc4)C3)CCC2=O)cc1C. The first-order valence-electron chi connectivity index (χ1n) is 10.7. The number of nitrogens with zero attached hydrogens (tertiary/aromatic N) is 3. The Morgan fingerprint density at radius 2 is 1.90 bits per heavy atom. The number of aryl methyl sites for hydroxylation is 2. The normalized spacial score (nSPS) is 21.9. The molecule has 0 bridgehead atoms. The largest absolute Gasteiger partial charge is 0.372 e. The molecule has 6 heteroatoms. The highest BCUT2D eigenvalue weighted by Gasteiger charge is 2.36. The van der Waals surface area contributed by atoms with Gasteiger partial charge >= 0.3 is 0 Å². The number of piperidine rings is 1. The summed E-state index contributed by atoms with van der Waals surface area (Å²) in [6, 6.07) is 9.94. The van der Waals surface area contributed by atoms with E-state index in [2.05, 4.69) is 11.9 Å². The first kappa shape index (κ1) is 20.5. The van der Waals surface area contributed by atoms with E-state index in [1.807, 2.05) is 42.2 Å². The molecule has 2 aliphatic heterocycles. The molecule has 6 nitrogen and oxygen atoms in total. The van der Waals surface area contributed by atoms with E-state index in [0.29, 0.717) is 39.1 Å². The summed E-state index contributed by atoms with van der Waals surface area (Å²) in [4.78, 5) is 33.4. The van der Waals surface area contributed by atoms with Gasteiger partial charge in [0.25, 0.3) is 0 Å². The Hall–Kier alpha value is -2.73. The molecule has 158 valence electrons. The molecular formula is C24H29N3O3. The Kier molecular flexibility index (Phi) is 6.13. The Morgan fingerprint density at radius 3 is 2.67 bits per heavy atom. The predicted molar refractivity (Wildman–Crippen MR) is 115 cm³/mol. The average molecular weight is 408 g/mol. The maximum atomic E-state index is 13.1. The predicted octanol–water partition coefficient (Wildman–Crippen LogP) is 3.26. The molecule has 3 heterocycles. The molecule has 0 aliphatic carbocycles. The van der Waals surface area contributed by atoms with Gasteiger partial charge in [-0.3, -0.25) is 14.6 Å². The fourth-order valence-corrected chi connectivity index (χ4v) is 4.21. The molecule has 4 rings (SSSR count). The molecule has 2 atom stereocenters. The van der Waals surface area contributed by atoms with Crippen LogP contribution in [-0.4, -0.2) is 47.4 Å². The molecule has 2 aliphatic rings. The molecule has 1 aromatic carbocycles. The molecule has 2 aromatic rings. The Labute approximate surface area is 177 Å². The number of rotatable bonds is 5. The van der Waals surface area contributed by atoms with Crippen LogP contribution in [0, 0.1) is 19.8 Å². The second-order valence-electron chi connectivity index (χ2n) is 8.37. The average Bonchev–Trinajstić information content (AvgIpc) is 3.24. The van der Waals surface area contributed by atoms with E-state index in [0.717, 1.165) is 23.2 Å². The van der Waals surface area contributed by atoms with Gasteiger partial charge in [-0.05, 0) is 67.6 Å². The highest BCUT2D eigenvalue weighted by molar-refractivity contribution is 5.96. The topological polar surface area (TPSA) is 62.7 Å². The zero-order chi connectivity index (χ0) is 21.1. The van der Waals surface area contributed by atoms with Gasteiger partial charge in [0, 0.05) is 44.1 Å². The zero-order valence-electron chi connectivity index (χ0n) is 17.7. The quantitative estimate of drug-likeness (QED) is 0.763. The van der Waals surface area contributed by atoms with Gasteiger partial charge in [0.15, 0.2) is 0 Å². The number of amides is 2. The van der Waals surface area contributed by atoms with Crippen LogP contribution in [0.15, 0.2) is 42.7 Å². The highest BCUT2D eigenvalue weighted by atomic mass is 16.5. The van der Waals surface area contributed by atoms with Crippen LogP contribution in [0.1, 0.15) is 36.0 Å². The van der Waals surface area contributed by atoms with Crippen molar-refractivity contribution in [3.05, 3.63) is 59.4 Å². The fraction of sp³-hybridized carbons (Fsp3) is 0.458. The van der Waals surface area contributed by atoms with Crippen molar-refractivity contribution >= 4 is 17.5 Å². The molecule has 2 unspecified atom stereocenters. The van der Waals surface area contributed by atoms with Gasteiger partial charge < -0.3 is 14.5 Å². The maximum absolute atomic E-state index is 13.1. The van der Waals surface area contributed by atoms with Crippen LogP contribution in [0.2, 0.25) is 0 Å². The number of likely N-dealkylation sites (tertiary alicyclic amines) is 1. The van der Waals surface area contributed by atoms with Crippen LogP contribution < -0.4 is 4.90 Å². The number of anilines is 1. The number of hydrogen-bond acceptors (Lipinski definition) is 4. The molecule has 0 saturated carbocycles. The van der Waals surface area contributed by atoms with Crippen molar-refractivity contribution in [1.82, 2.24) is 9.88 Å². The van der Waals surface area contributed by atoms with Crippen molar-refractivity contribution in [2.75, 3.05) is 24.5 Å². The minimum absolute atomic E-state index is 0.0585. The molecule has 30 heavy (non-hydrogen) atoms. The van der Waals surface area contributed by atoms with E-state index in [4.69, 9.17) is 4.74 Å². The zero-order valence-corrected chi connectivity index (χ0v) is 17.7. The summed E-state index contributed by atoms with van der Waals surface area (Å²) in [6.07, 6.45) is 5.47. The van der Waals surface area contributed by atoms with E-state index in [1.54, 1.807) is 17.3 Å². The van der Waals surface area contributed by atoms with Crippen LogP contribution in [-0.2, 0) is 20.9 Å². The van der Waals surface area contributed by atoms with Crippen LogP contribution in [0.25, 0.3) is 0 Å². The van der Waals surface area contributed by atoms with Crippen molar-refractivity contribution < 1.29 is 14.3 Å². The van der Waals surface area contributed by atoms with E-state index < -0.39 is 0 Å². The van der Waals surface area contributed by atoms with Crippen LogP contribution in [0.5, 0.6) is 0 Å². The van der Waals surface area contributed by atoms with Gasteiger partial charge in [-0.1, -0.05) is 6.07 Å². The summed E-state index contributed by atoms with van der Waals surface area (Å²) in [7, 11) is 0. The van der Waals surface area contributed by atoms with Crippen LogP contribution >= 0.6 is 0 Å². The lowest BCUT2D eigenvalue weighted by Gasteiger charge is -2.34. The third-order valence-electron chi connectivity index (χ3n) is 6.25. The second kappa shape index (κ2) is 8.96. The van der Waals surface area contributed by atoms with Crippen molar-refractivity contribution in [2.24, 2.45) is 5.92 Å². The summed E-state index contributed by atoms with van der Waals surface area (Å²) in [5.41, 5.74) is 4.33. The summed E-state index contributed by atoms with van der Waals surface area (Å²) in [5, 5.41) is 0. The summed E-state index contributed by atoms with van der Waals surface area (Å²) in [5.74, 6) is 0.0943. The minimum Gasteiger partial charge on any atom is -0.372 e. The molecule has 2 amide bonds. The Balaban J connectivity index is 1.35. The third-order valence-corrected chi connectivity index (χ3v) is 6.25. The van der Waals surface area contributed by atoms with Gasteiger partial charge in [-0.2, -0.15) is 0 Å². The molecule has 2 fully saturated rings. The minimum atomic E-state index is -0.150. The van der Waals surface area contributed by atoms with E-state index in [9.17, 15) is 9.59 Å². The number of hydrogen-bond donors (Lipinski definition) is 0. The van der Waals surface area contributed by atoms with Gasteiger partial charge in [-0.15, -0.1) is 0 Å². The summed E-state index contributed by atoms with van der Waals surface area (Å²) in [6.45, 7) is 6.44. The Morgan fingerprint density at radius 1 is 1.10 bits per heavy atom. The number of carbonyl (C=O) groups is 2. The van der Waals surface area contributed by atoms with Crippen molar-refractivity contribution in [2.45, 2.75) is 45.8 Å². The summed E-state index contributed by atoms with van der Waals surface area (Å²) < 4.78 is 6.00. The molecule has 0 radical (unpaired) electrons. The van der Waals surface area contributed by atoms with Crippen molar-refractivity contribution in [1.29, 1.82) is 0 Å². The second-order valence-corrected chi connectivity index (χ2v) is 8.37. The first-order valence-corrected chi connectivity index (χ1v) is 10.7. The highest BCUT2D eigenvalue weighted by Crippen LogP contribution is 2.28. The number of carbonyl (C=O) groups excluding carboxylic acids is 2. The van der Waals surface area contributed by atoms with E-state index >= 15 is 0 Å². The smallest absolute Gasteiger partial charge is 0.227 e. The summed E-state index contributed by atoms with van der Waals surface area (Å²) >= 11 is 0. The lowest BCUT2D eigenvalue weighted by Crippen LogP contribution is -2.47. The van der Waals surface area contributed by atoms with E-state index in [1.165, 1.54) is 5.56 Å². The van der Waals surface area contributed by atoms with Crippen molar-refractivity contribution in [3.8, 4) is 0 Å². The van der Waals surface area contributed by atoms with Gasteiger partial charge in [0.05, 0.1) is 18.6 Å². The fourth-order valence-electron chi connectivity index (χ4n) is 4.21. The lowest BCUT2D eigenvalue weighted by atomic mass is 9.95. The molecular weight excluding hydrogens is 378 g/mol. The van der Waals surface area contributed by atoms with Crippen molar-refractivity contribution in [3.63, 3.8) is 0 Å². The monoisotopic (exact) mass is 407 g/mol.